The number of piperazine rings is 1. The van der Waals surface area contributed by atoms with Gasteiger partial charge in [0.15, 0.2) is 0 Å². The van der Waals surface area contributed by atoms with Crippen LogP contribution in [0.2, 0.25) is 0 Å². The molecular formula is C15H22N2O. The highest BCUT2D eigenvalue weighted by atomic mass is 16.5. The van der Waals surface area contributed by atoms with Gasteiger partial charge in [0.1, 0.15) is 11.9 Å². The molecule has 0 aromatic heterocycles. The quantitative estimate of drug-likeness (QED) is 0.874. The predicted octanol–water partition coefficient (Wildman–Crippen LogP) is 1.46. The van der Waals surface area contributed by atoms with Crippen molar-refractivity contribution < 1.29 is 4.74 Å². The van der Waals surface area contributed by atoms with Crippen molar-refractivity contribution in [3.8, 4) is 5.75 Å². The maximum absolute atomic E-state index is 5.95. The first-order valence-corrected chi connectivity index (χ1v) is 7.03. The molecule has 1 saturated heterocycles. The summed E-state index contributed by atoms with van der Waals surface area (Å²) in [4.78, 5) is 2.54. The second kappa shape index (κ2) is 5.29. The molecule has 0 amide bonds. The minimum atomic E-state index is 0.348. The number of nitrogens with one attached hydrogen (secondary N) is 1. The van der Waals surface area contributed by atoms with Crippen LogP contribution in [-0.2, 0) is 12.8 Å². The van der Waals surface area contributed by atoms with Gasteiger partial charge in [-0.1, -0.05) is 18.2 Å². The molecular weight excluding hydrogens is 224 g/mol. The number of benzene rings is 1. The third kappa shape index (κ3) is 2.52. The first-order valence-electron chi connectivity index (χ1n) is 7.03. The van der Waals surface area contributed by atoms with Crippen molar-refractivity contribution in [2.75, 3.05) is 32.7 Å². The Bertz CT molecular complexity index is 413. The summed E-state index contributed by atoms with van der Waals surface area (Å²) in [5.41, 5.74) is 2.77. The molecule has 1 atom stereocenters. The number of hydrogen-bond donors (Lipinski definition) is 1. The number of rotatable bonds is 3. The highest BCUT2D eigenvalue weighted by Crippen LogP contribution is 2.32. The van der Waals surface area contributed by atoms with E-state index in [1.807, 2.05) is 0 Å². The summed E-state index contributed by atoms with van der Waals surface area (Å²) < 4.78 is 5.95. The van der Waals surface area contributed by atoms with Gasteiger partial charge in [-0.15, -0.1) is 0 Å². The van der Waals surface area contributed by atoms with Crippen molar-refractivity contribution in [3.63, 3.8) is 0 Å². The molecule has 1 N–H and O–H groups in total. The van der Waals surface area contributed by atoms with Crippen molar-refractivity contribution >= 4 is 0 Å². The Kier molecular flexibility index (Phi) is 3.52. The lowest BCUT2D eigenvalue weighted by atomic mass is 10.0. The van der Waals surface area contributed by atoms with Gasteiger partial charge in [0, 0.05) is 39.1 Å². The monoisotopic (exact) mass is 246 g/mol. The Hall–Kier alpha value is -1.06. The molecule has 1 fully saturated rings. The summed E-state index contributed by atoms with van der Waals surface area (Å²) in [5, 5.41) is 3.39. The number of para-hydroxylation sites is 1. The molecule has 0 bridgehead atoms. The minimum absolute atomic E-state index is 0.348. The van der Waals surface area contributed by atoms with Crippen molar-refractivity contribution in [2.24, 2.45) is 0 Å². The van der Waals surface area contributed by atoms with Crippen LogP contribution in [-0.4, -0.2) is 43.7 Å². The summed E-state index contributed by atoms with van der Waals surface area (Å²) in [5.74, 6) is 1.17. The van der Waals surface area contributed by atoms with E-state index in [0.717, 1.165) is 32.5 Å². The topological polar surface area (TPSA) is 24.5 Å². The van der Waals surface area contributed by atoms with Crippen LogP contribution in [0.5, 0.6) is 5.75 Å². The molecule has 3 rings (SSSR count). The smallest absolute Gasteiger partial charge is 0.126 e. The molecule has 2 aliphatic heterocycles. The van der Waals surface area contributed by atoms with E-state index < -0.39 is 0 Å². The van der Waals surface area contributed by atoms with Gasteiger partial charge in [0.05, 0.1) is 0 Å². The van der Waals surface area contributed by atoms with E-state index in [0.29, 0.717) is 6.10 Å². The van der Waals surface area contributed by atoms with Gasteiger partial charge in [0.25, 0.3) is 0 Å². The lowest BCUT2D eigenvalue weighted by Crippen LogP contribution is -2.44. The van der Waals surface area contributed by atoms with Crippen molar-refractivity contribution in [1.29, 1.82) is 0 Å². The highest BCUT2D eigenvalue weighted by Gasteiger charge is 2.21. The predicted molar refractivity (Wildman–Crippen MR) is 73.2 cm³/mol. The summed E-state index contributed by atoms with van der Waals surface area (Å²) in [7, 11) is 0. The standard InChI is InChI=1S/C15H22N2O/c1-12-11-14-4-2-3-13(15(14)18-12)5-8-17-9-6-16-7-10-17/h2-4,12,16H,5-11H2,1H3. The molecule has 18 heavy (non-hydrogen) atoms. The summed E-state index contributed by atoms with van der Waals surface area (Å²) >= 11 is 0. The van der Waals surface area contributed by atoms with Crippen molar-refractivity contribution in [3.05, 3.63) is 29.3 Å². The van der Waals surface area contributed by atoms with Crippen molar-refractivity contribution in [2.45, 2.75) is 25.9 Å². The van der Waals surface area contributed by atoms with Gasteiger partial charge in [-0.25, -0.2) is 0 Å². The molecule has 1 unspecified atom stereocenters. The molecule has 1 aromatic carbocycles. The number of hydrogen-bond acceptors (Lipinski definition) is 3. The second-order valence-electron chi connectivity index (χ2n) is 5.38. The highest BCUT2D eigenvalue weighted by molar-refractivity contribution is 5.44. The third-order valence-electron chi connectivity index (χ3n) is 3.91. The molecule has 0 saturated carbocycles. The van der Waals surface area contributed by atoms with Crippen LogP contribution in [0, 0.1) is 0 Å². The Balaban J connectivity index is 1.64. The molecule has 98 valence electrons. The zero-order valence-electron chi connectivity index (χ0n) is 11.1. The molecule has 0 aliphatic carbocycles. The lowest BCUT2D eigenvalue weighted by molar-refractivity contribution is 0.237. The van der Waals surface area contributed by atoms with E-state index in [9.17, 15) is 0 Å². The SMILES string of the molecule is CC1Cc2cccc(CCN3CCNCC3)c2O1. The Labute approximate surface area is 109 Å². The van der Waals surface area contributed by atoms with E-state index in [4.69, 9.17) is 4.74 Å². The van der Waals surface area contributed by atoms with Crippen LogP contribution in [0.15, 0.2) is 18.2 Å². The van der Waals surface area contributed by atoms with Gasteiger partial charge in [-0.3, -0.25) is 0 Å². The zero-order valence-corrected chi connectivity index (χ0v) is 11.1. The van der Waals surface area contributed by atoms with Gasteiger partial charge >= 0.3 is 0 Å². The van der Waals surface area contributed by atoms with E-state index >= 15 is 0 Å². The second-order valence-corrected chi connectivity index (χ2v) is 5.38. The van der Waals surface area contributed by atoms with Crippen LogP contribution in [0.3, 0.4) is 0 Å². The van der Waals surface area contributed by atoms with Crippen LogP contribution >= 0.6 is 0 Å². The normalized spacial score (nSPS) is 23.7. The average Bonchev–Trinajstić information content (AvgIpc) is 2.78. The fourth-order valence-electron chi connectivity index (χ4n) is 2.91. The minimum Gasteiger partial charge on any atom is -0.490 e. The summed E-state index contributed by atoms with van der Waals surface area (Å²) in [6, 6.07) is 6.60. The zero-order chi connectivity index (χ0) is 12.4. The molecule has 1 aromatic rings. The fraction of sp³-hybridized carbons (Fsp3) is 0.600. The maximum Gasteiger partial charge on any atom is 0.126 e. The van der Waals surface area contributed by atoms with E-state index in [1.54, 1.807) is 0 Å². The van der Waals surface area contributed by atoms with Crippen LogP contribution in [0.25, 0.3) is 0 Å². The first kappa shape index (κ1) is 12.0. The van der Waals surface area contributed by atoms with E-state index in [2.05, 4.69) is 35.3 Å². The molecule has 0 radical (unpaired) electrons. The van der Waals surface area contributed by atoms with Gasteiger partial charge in [-0.2, -0.15) is 0 Å². The third-order valence-corrected chi connectivity index (χ3v) is 3.91. The van der Waals surface area contributed by atoms with Crippen LogP contribution in [0.4, 0.5) is 0 Å². The Morgan fingerprint density at radius 2 is 2.17 bits per heavy atom. The molecule has 0 spiro atoms. The largest absolute Gasteiger partial charge is 0.490 e. The molecule has 2 heterocycles. The van der Waals surface area contributed by atoms with Gasteiger partial charge in [-0.05, 0) is 24.5 Å². The van der Waals surface area contributed by atoms with Crippen LogP contribution < -0.4 is 10.1 Å². The van der Waals surface area contributed by atoms with E-state index in [-0.39, 0.29) is 0 Å². The number of fused-ring (bicyclic) bond motifs is 1. The maximum atomic E-state index is 5.95. The average molecular weight is 246 g/mol. The van der Waals surface area contributed by atoms with E-state index in [1.165, 1.54) is 30.0 Å². The molecule has 2 aliphatic rings. The first-order chi connectivity index (χ1) is 8.83. The lowest BCUT2D eigenvalue weighted by Gasteiger charge is -2.27. The van der Waals surface area contributed by atoms with Crippen molar-refractivity contribution in [1.82, 2.24) is 10.2 Å². The Morgan fingerprint density at radius 1 is 1.33 bits per heavy atom. The number of nitrogens with zero attached hydrogens (tertiary/aromatic N) is 1. The molecule has 3 nitrogen and oxygen atoms in total. The summed E-state index contributed by atoms with van der Waals surface area (Å²) in [6.45, 7) is 7.90. The molecule has 3 heteroatoms. The summed E-state index contributed by atoms with van der Waals surface area (Å²) in [6.07, 6.45) is 2.52. The van der Waals surface area contributed by atoms with Gasteiger partial charge in [0.2, 0.25) is 0 Å². The Morgan fingerprint density at radius 3 is 3.00 bits per heavy atom. The fourth-order valence-corrected chi connectivity index (χ4v) is 2.91. The number of ether oxygens (including phenoxy) is 1. The van der Waals surface area contributed by atoms with Gasteiger partial charge < -0.3 is 15.0 Å². The van der Waals surface area contributed by atoms with Crippen LogP contribution in [0.1, 0.15) is 18.1 Å².